The van der Waals surface area contributed by atoms with E-state index in [1.807, 2.05) is 30.3 Å². The van der Waals surface area contributed by atoms with Gasteiger partial charge in [-0.2, -0.15) is 0 Å². The molecule has 0 radical (unpaired) electrons. The summed E-state index contributed by atoms with van der Waals surface area (Å²) in [5.41, 5.74) is 2.87. The van der Waals surface area contributed by atoms with Crippen molar-refractivity contribution in [2.45, 2.75) is 39.3 Å². The van der Waals surface area contributed by atoms with Crippen molar-refractivity contribution in [1.82, 2.24) is 20.6 Å². The minimum atomic E-state index is 0. The van der Waals surface area contributed by atoms with Crippen LogP contribution in [0, 0.1) is 0 Å². The van der Waals surface area contributed by atoms with Crippen LogP contribution in [0.2, 0.25) is 0 Å². The molecule has 1 aromatic carbocycles. The molecule has 3 aromatic rings. The fourth-order valence-corrected chi connectivity index (χ4v) is 3.31. The third-order valence-electron chi connectivity index (χ3n) is 3.86. The molecular weight excluding hydrogens is 485 g/mol. The molecule has 0 atom stereocenters. The predicted molar refractivity (Wildman–Crippen MR) is 125 cm³/mol. The topological polar surface area (TPSA) is 75.3 Å². The summed E-state index contributed by atoms with van der Waals surface area (Å²) in [5.74, 6) is 1.32. The molecule has 6 nitrogen and oxygen atoms in total. The minimum Gasteiger partial charge on any atom is -0.444 e. The summed E-state index contributed by atoms with van der Waals surface area (Å²) in [5, 5.41) is 9.76. The maximum Gasteiger partial charge on any atom is 0.226 e. The largest absolute Gasteiger partial charge is 0.444 e. The van der Waals surface area contributed by atoms with Crippen molar-refractivity contribution in [3.05, 3.63) is 58.4 Å². The fourth-order valence-electron chi connectivity index (χ4n) is 2.40. The van der Waals surface area contributed by atoms with Crippen molar-refractivity contribution in [2.24, 2.45) is 4.99 Å². The van der Waals surface area contributed by atoms with Crippen LogP contribution in [0.4, 0.5) is 0 Å². The molecule has 0 unspecified atom stereocenters. The van der Waals surface area contributed by atoms with Gasteiger partial charge in [0.1, 0.15) is 6.26 Å². The van der Waals surface area contributed by atoms with E-state index in [0.29, 0.717) is 24.9 Å². The number of halogens is 1. The molecule has 0 saturated heterocycles. The number of nitrogens with zero attached hydrogens (tertiary/aromatic N) is 3. The molecule has 2 N–H and O–H groups in total. The fraction of sp³-hybridized carbons (Fsp3) is 0.350. The highest BCUT2D eigenvalue weighted by Gasteiger charge is 2.18. The van der Waals surface area contributed by atoms with Gasteiger partial charge >= 0.3 is 0 Å². The normalized spacial score (nSPS) is 11.8. The Morgan fingerprint density at radius 1 is 1.07 bits per heavy atom. The van der Waals surface area contributed by atoms with Crippen LogP contribution in [0.25, 0.3) is 11.5 Å². The van der Waals surface area contributed by atoms with Gasteiger partial charge in [0.2, 0.25) is 5.89 Å². The van der Waals surface area contributed by atoms with Crippen LogP contribution in [-0.2, 0) is 18.5 Å². The van der Waals surface area contributed by atoms with Crippen molar-refractivity contribution in [2.75, 3.05) is 7.05 Å². The first-order valence-corrected chi connectivity index (χ1v) is 9.73. The zero-order valence-electron chi connectivity index (χ0n) is 16.5. The Hall–Kier alpha value is -1.94. The second kappa shape index (κ2) is 10.0. The van der Waals surface area contributed by atoms with Crippen LogP contribution in [0.1, 0.15) is 37.2 Å². The molecule has 0 saturated carbocycles. The first-order chi connectivity index (χ1) is 13.0. The molecule has 2 aromatic heterocycles. The Bertz CT molecular complexity index is 899. The van der Waals surface area contributed by atoms with E-state index < -0.39 is 0 Å². The van der Waals surface area contributed by atoms with E-state index in [1.165, 1.54) is 0 Å². The number of nitrogens with one attached hydrogen (secondary N) is 2. The molecule has 0 aliphatic carbocycles. The number of aliphatic imine (C=N–C) groups is 1. The van der Waals surface area contributed by atoms with Gasteiger partial charge in [-0.1, -0.05) is 39.0 Å². The van der Waals surface area contributed by atoms with Gasteiger partial charge in [0.15, 0.2) is 5.96 Å². The first kappa shape index (κ1) is 22.4. The van der Waals surface area contributed by atoms with Gasteiger partial charge < -0.3 is 15.1 Å². The molecular formula is C20H26IN5OS. The summed E-state index contributed by atoms with van der Waals surface area (Å²) in [4.78, 5) is 13.5. The Kier molecular flexibility index (Phi) is 7.99. The Morgan fingerprint density at radius 3 is 2.36 bits per heavy atom. The van der Waals surface area contributed by atoms with E-state index >= 15 is 0 Å². The van der Waals surface area contributed by atoms with E-state index in [9.17, 15) is 0 Å². The number of thiazole rings is 1. The number of aromatic nitrogens is 2. The highest BCUT2D eigenvalue weighted by atomic mass is 127. The van der Waals surface area contributed by atoms with Gasteiger partial charge in [0.05, 0.1) is 29.5 Å². The summed E-state index contributed by atoms with van der Waals surface area (Å²) < 4.78 is 5.56. The summed E-state index contributed by atoms with van der Waals surface area (Å²) in [7, 11) is 1.75. The molecule has 0 bridgehead atoms. The molecule has 0 aliphatic rings. The van der Waals surface area contributed by atoms with Crippen molar-refractivity contribution < 1.29 is 4.42 Å². The number of oxazole rings is 1. The molecule has 28 heavy (non-hydrogen) atoms. The van der Waals surface area contributed by atoms with Gasteiger partial charge in [-0.05, 0) is 12.1 Å². The van der Waals surface area contributed by atoms with Crippen LogP contribution >= 0.6 is 35.3 Å². The number of hydrogen-bond acceptors (Lipinski definition) is 5. The van der Waals surface area contributed by atoms with E-state index in [0.717, 1.165) is 22.0 Å². The Balaban J connectivity index is 0.00000280. The molecule has 0 amide bonds. The van der Waals surface area contributed by atoms with Crippen molar-refractivity contribution in [3.63, 3.8) is 0 Å². The molecule has 0 fully saturated rings. The van der Waals surface area contributed by atoms with Crippen molar-refractivity contribution in [3.8, 4) is 11.5 Å². The van der Waals surface area contributed by atoms with Crippen LogP contribution < -0.4 is 10.6 Å². The van der Waals surface area contributed by atoms with Crippen molar-refractivity contribution in [1.29, 1.82) is 0 Å². The lowest BCUT2D eigenvalue weighted by Crippen LogP contribution is -2.36. The highest BCUT2D eigenvalue weighted by Crippen LogP contribution is 2.25. The number of rotatable bonds is 5. The van der Waals surface area contributed by atoms with Gasteiger partial charge in [0.25, 0.3) is 0 Å². The predicted octanol–water partition coefficient (Wildman–Crippen LogP) is 4.58. The average molecular weight is 511 g/mol. The van der Waals surface area contributed by atoms with Gasteiger partial charge in [-0.15, -0.1) is 35.3 Å². The summed E-state index contributed by atoms with van der Waals surface area (Å²) >= 11 is 1.69. The number of benzene rings is 1. The zero-order chi connectivity index (χ0) is 19.3. The van der Waals surface area contributed by atoms with E-state index in [1.54, 1.807) is 24.6 Å². The second-order valence-electron chi connectivity index (χ2n) is 7.18. The highest BCUT2D eigenvalue weighted by molar-refractivity contribution is 14.0. The van der Waals surface area contributed by atoms with Crippen LogP contribution in [0.15, 0.2) is 51.4 Å². The quantitative estimate of drug-likeness (QED) is 0.298. The summed E-state index contributed by atoms with van der Waals surface area (Å²) in [6.45, 7) is 7.67. The van der Waals surface area contributed by atoms with E-state index in [-0.39, 0.29) is 29.4 Å². The van der Waals surface area contributed by atoms with Crippen LogP contribution in [-0.4, -0.2) is 23.0 Å². The molecule has 0 aliphatic heterocycles. The smallest absolute Gasteiger partial charge is 0.226 e. The lowest BCUT2D eigenvalue weighted by molar-refractivity contribution is 0.572. The molecule has 8 heteroatoms. The average Bonchev–Trinajstić information content (AvgIpc) is 3.32. The van der Waals surface area contributed by atoms with Gasteiger partial charge in [0, 0.05) is 23.4 Å². The molecule has 150 valence electrons. The third kappa shape index (κ3) is 6.03. The Labute approximate surface area is 186 Å². The van der Waals surface area contributed by atoms with Crippen molar-refractivity contribution >= 4 is 41.3 Å². The van der Waals surface area contributed by atoms with E-state index in [2.05, 4.69) is 51.7 Å². The number of hydrogen-bond donors (Lipinski definition) is 2. The minimum absolute atomic E-state index is 0. The van der Waals surface area contributed by atoms with Gasteiger partial charge in [-0.25, -0.2) is 9.97 Å². The molecule has 2 heterocycles. The number of guanidine groups is 1. The van der Waals surface area contributed by atoms with Gasteiger partial charge in [-0.3, -0.25) is 4.99 Å². The standard InChI is InChI=1S/C20H25N5OS.HI/c1-20(2,3)18-25-16(13-27-18)11-23-19(21-4)22-10-15-12-26-17(24-15)14-8-6-5-7-9-14;/h5-9,12-13H,10-11H2,1-4H3,(H2,21,22,23);1H. The summed E-state index contributed by atoms with van der Waals surface area (Å²) in [6.07, 6.45) is 1.67. The zero-order valence-corrected chi connectivity index (χ0v) is 19.7. The van der Waals surface area contributed by atoms with Crippen LogP contribution in [0.3, 0.4) is 0 Å². The Morgan fingerprint density at radius 2 is 1.75 bits per heavy atom. The maximum absolute atomic E-state index is 5.56. The maximum atomic E-state index is 5.56. The molecule has 3 rings (SSSR count). The molecule has 0 spiro atoms. The lowest BCUT2D eigenvalue weighted by atomic mass is 9.98. The first-order valence-electron chi connectivity index (χ1n) is 8.85. The SMILES string of the molecule is CN=C(NCc1coc(-c2ccccc2)n1)NCc1csc(C(C)(C)C)n1.I. The third-order valence-corrected chi connectivity index (χ3v) is 5.18. The summed E-state index contributed by atoms with van der Waals surface area (Å²) in [6, 6.07) is 9.85. The lowest BCUT2D eigenvalue weighted by Gasteiger charge is -2.13. The van der Waals surface area contributed by atoms with E-state index in [4.69, 9.17) is 4.42 Å². The second-order valence-corrected chi connectivity index (χ2v) is 8.04. The van der Waals surface area contributed by atoms with Crippen LogP contribution in [0.5, 0.6) is 0 Å². The monoisotopic (exact) mass is 511 g/mol.